The number of rotatable bonds is 6. The normalized spacial score (nSPS) is 12.6. The van der Waals surface area contributed by atoms with Crippen LogP contribution in [0.2, 0.25) is 0 Å². The van der Waals surface area contributed by atoms with Crippen molar-refractivity contribution >= 4 is 27.4 Å². The van der Waals surface area contributed by atoms with Crippen molar-refractivity contribution in [3.8, 4) is 23.0 Å². The SMILES string of the molecule is COc1ccc(S(=O)(=O)c2cc(Oc3c(C)cc(NC(=O)C(=O)O)c4c3CCC4)ccc2O)cc1. The summed E-state index contributed by atoms with van der Waals surface area (Å²) < 4.78 is 37.5. The van der Waals surface area contributed by atoms with Gasteiger partial charge in [-0.15, -0.1) is 0 Å². The maximum Gasteiger partial charge on any atom is 0.394 e. The van der Waals surface area contributed by atoms with Gasteiger partial charge in [-0.1, -0.05) is 0 Å². The first-order valence-electron chi connectivity index (χ1n) is 10.7. The average Bonchev–Trinajstić information content (AvgIpc) is 3.32. The number of fused-ring (bicyclic) bond motifs is 1. The van der Waals surface area contributed by atoms with E-state index in [1.165, 1.54) is 49.6 Å². The Hall–Kier alpha value is -4.05. The number of hydrogen-bond donors (Lipinski definition) is 3. The molecular formula is C25H23NO8S. The number of sulfone groups is 1. The number of carbonyl (C=O) groups is 2. The van der Waals surface area contributed by atoms with Crippen LogP contribution >= 0.6 is 0 Å². The summed E-state index contributed by atoms with van der Waals surface area (Å²) in [5, 5.41) is 21.7. The number of amides is 1. The van der Waals surface area contributed by atoms with Crippen molar-refractivity contribution in [2.75, 3.05) is 12.4 Å². The summed E-state index contributed by atoms with van der Waals surface area (Å²) in [6.45, 7) is 1.75. The molecule has 35 heavy (non-hydrogen) atoms. The second-order valence-electron chi connectivity index (χ2n) is 8.05. The van der Waals surface area contributed by atoms with Gasteiger partial charge in [0.2, 0.25) is 9.84 Å². The maximum absolute atomic E-state index is 13.2. The Morgan fingerprint density at radius 2 is 1.63 bits per heavy atom. The van der Waals surface area contributed by atoms with Crippen LogP contribution < -0.4 is 14.8 Å². The maximum atomic E-state index is 13.2. The van der Waals surface area contributed by atoms with Gasteiger partial charge in [0.1, 0.15) is 27.9 Å². The van der Waals surface area contributed by atoms with E-state index in [1.807, 2.05) is 0 Å². The van der Waals surface area contributed by atoms with Gasteiger partial charge in [0.15, 0.2) is 0 Å². The van der Waals surface area contributed by atoms with Crippen LogP contribution in [0.15, 0.2) is 58.3 Å². The number of aryl methyl sites for hydroxylation is 1. The van der Waals surface area contributed by atoms with Gasteiger partial charge < -0.3 is 25.0 Å². The summed E-state index contributed by atoms with van der Waals surface area (Å²) >= 11 is 0. The number of nitrogens with one attached hydrogen (secondary N) is 1. The minimum Gasteiger partial charge on any atom is -0.507 e. The molecule has 9 nitrogen and oxygen atoms in total. The lowest BCUT2D eigenvalue weighted by Gasteiger charge is -2.18. The highest BCUT2D eigenvalue weighted by atomic mass is 32.2. The number of carbonyl (C=O) groups excluding carboxylic acids is 1. The van der Waals surface area contributed by atoms with Crippen molar-refractivity contribution < 1.29 is 37.7 Å². The van der Waals surface area contributed by atoms with Crippen LogP contribution in [0.25, 0.3) is 0 Å². The molecule has 0 atom stereocenters. The Morgan fingerprint density at radius 1 is 0.971 bits per heavy atom. The number of hydrogen-bond acceptors (Lipinski definition) is 7. The zero-order chi connectivity index (χ0) is 25.3. The van der Waals surface area contributed by atoms with E-state index in [-0.39, 0.29) is 15.5 Å². The lowest BCUT2D eigenvalue weighted by Crippen LogP contribution is -2.22. The zero-order valence-electron chi connectivity index (χ0n) is 19.0. The van der Waals surface area contributed by atoms with Gasteiger partial charge in [-0.2, -0.15) is 0 Å². The van der Waals surface area contributed by atoms with E-state index in [1.54, 1.807) is 13.0 Å². The van der Waals surface area contributed by atoms with Gasteiger partial charge in [0.25, 0.3) is 0 Å². The summed E-state index contributed by atoms with van der Waals surface area (Å²) in [7, 11) is -2.57. The quantitative estimate of drug-likeness (QED) is 0.437. The lowest BCUT2D eigenvalue weighted by molar-refractivity contribution is -0.147. The Balaban J connectivity index is 1.70. The minimum absolute atomic E-state index is 0.0126. The van der Waals surface area contributed by atoms with Crippen LogP contribution in [0.5, 0.6) is 23.0 Å². The smallest absolute Gasteiger partial charge is 0.394 e. The Labute approximate surface area is 201 Å². The lowest BCUT2D eigenvalue weighted by atomic mass is 10.0. The van der Waals surface area contributed by atoms with E-state index in [4.69, 9.17) is 14.6 Å². The van der Waals surface area contributed by atoms with Crippen molar-refractivity contribution in [2.45, 2.75) is 36.0 Å². The zero-order valence-corrected chi connectivity index (χ0v) is 19.8. The second kappa shape index (κ2) is 9.30. The Morgan fingerprint density at radius 3 is 2.29 bits per heavy atom. The van der Waals surface area contributed by atoms with Gasteiger partial charge in [0.05, 0.1) is 12.0 Å². The van der Waals surface area contributed by atoms with E-state index in [2.05, 4.69) is 5.32 Å². The second-order valence-corrected chi connectivity index (χ2v) is 9.97. The molecule has 10 heteroatoms. The number of carboxylic acids is 1. The number of ether oxygens (including phenoxy) is 2. The fourth-order valence-electron chi connectivity index (χ4n) is 4.10. The molecule has 0 radical (unpaired) electrons. The third-order valence-electron chi connectivity index (χ3n) is 5.79. The molecule has 1 aliphatic carbocycles. The molecule has 3 aromatic rings. The summed E-state index contributed by atoms with van der Waals surface area (Å²) in [6.07, 6.45) is 2.07. The van der Waals surface area contributed by atoms with Crippen molar-refractivity contribution in [1.29, 1.82) is 0 Å². The van der Waals surface area contributed by atoms with E-state index >= 15 is 0 Å². The number of phenolic OH excluding ortho intramolecular Hbond substituents is 1. The van der Waals surface area contributed by atoms with Crippen LogP contribution in [-0.4, -0.2) is 37.6 Å². The number of phenols is 1. The summed E-state index contributed by atoms with van der Waals surface area (Å²) in [5.74, 6) is -1.92. The number of methoxy groups -OCH3 is 1. The molecular weight excluding hydrogens is 474 g/mol. The Kier molecular flexibility index (Phi) is 6.40. The van der Waals surface area contributed by atoms with E-state index in [0.717, 1.165) is 17.5 Å². The predicted octanol–water partition coefficient (Wildman–Crippen LogP) is 3.85. The fourth-order valence-corrected chi connectivity index (χ4v) is 5.46. The van der Waals surface area contributed by atoms with Gasteiger partial charge in [-0.05, 0) is 79.8 Å². The molecule has 1 aliphatic rings. The number of aromatic hydroxyl groups is 1. The molecule has 182 valence electrons. The molecule has 1 amide bonds. The highest BCUT2D eigenvalue weighted by Gasteiger charge is 2.26. The van der Waals surface area contributed by atoms with Gasteiger partial charge in [-0.25, -0.2) is 13.2 Å². The third-order valence-corrected chi connectivity index (χ3v) is 7.59. The van der Waals surface area contributed by atoms with Crippen LogP contribution in [0.1, 0.15) is 23.1 Å². The number of benzene rings is 3. The van der Waals surface area contributed by atoms with Crippen molar-refractivity contribution in [1.82, 2.24) is 0 Å². The Bertz CT molecular complexity index is 1430. The average molecular weight is 498 g/mol. The molecule has 0 fully saturated rings. The van der Waals surface area contributed by atoms with Gasteiger partial charge in [-0.3, -0.25) is 4.79 Å². The highest BCUT2D eigenvalue weighted by Crippen LogP contribution is 2.42. The van der Waals surface area contributed by atoms with Crippen molar-refractivity contribution in [3.05, 3.63) is 65.2 Å². The summed E-state index contributed by atoms with van der Waals surface area (Å²) in [5.41, 5.74) is 2.66. The van der Waals surface area contributed by atoms with Gasteiger partial charge in [0, 0.05) is 17.3 Å². The standard InChI is InChI=1S/C25H23NO8S/c1-14-12-20(26-24(28)25(29)30)18-4-3-5-19(18)23(14)34-16-8-11-21(27)22(13-16)35(31,32)17-9-6-15(33-2)7-10-17/h6-13,27H,3-5H2,1-2H3,(H,26,28)(H,29,30). The summed E-state index contributed by atoms with van der Waals surface area (Å²) in [6, 6.07) is 11.4. The predicted molar refractivity (Wildman–Crippen MR) is 126 cm³/mol. The number of anilines is 1. The summed E-state index contributed by atoms with van der Waals surface area (Å²) in [4.78, 5) is 22.3. The van der Waals surface area contributed by atoms with E-state index < -0.39 is 27.5 Å². The van der Waals surface area contributed by atoms with E-state index in [9.17, 15) is 23.1 Å². The van der Waals surface area contributed by atoms with Crippen LogP contribution in [0, 0.1) is 6.92 Å². The molecule has 0 spiro atoms. The molecule has 3 N–H and O–H groups in total. The monoisotopic (exact) mass is 497 g/mol. The van der Waals surface area contributed by atoms with Gasteiger partial charge >= 0.3 is 11.9 Å². The first-order chi connectivity index (χ1) is 16.6. The van der Waals surface area contributed by atoms with Crippen molar-refractivity contribution in [3.63, 3.8) is 0 Å². The van der Waals surface area contributed by atoms with Crippen molar-refractivity contribution in [2.24, 2.45) is 0 Å². The fraction of sp³-hybridized carbons (Fsp3) is 0.200. The van der Waals surface area contributed by atoms with Crippen LogP contribution in [0.3, 0.4) is 0 Å². The topological polar surface area (TPSA) is 139 Å². The largest absolute Gasteiger partial charge is 0.507 e. The molecule has 0 aliphatic heterocycles. The number of carboxylic acid groups (broad SMARTS) is 1. The number of aliphatic carboxylic acids is 1. The minimum atomic E-state index is -4.05. The van der Waals surface area contributed by atoms with Crippen LogP contribution in [-0.2, 0) is 32.3 Å². The molecule has 4 rings (SSSR count). The molecule has 0 aromatic heterocycles. The highest BCUT2D eigenvalue weighted by molar-refractivity contribution is 7.91. The molecule has 0 bridgehead atoms. The first kappa shape index (κ1) is 24.1. The third kappa shape index (κ3) is 4.65. The molecule has 0 heterocycles. The first-order valence-corrected chi connectivity index (χ1v) is 12.2. The van der Waals surface area contributed by atoms with Crippen LogP contribution in [0.4, 0.5) is 5.69 Å². The van der Waals surface area contributed by atoms with E-state index in [0.29, 0.717) is 35.6 Å². The molecule has 3 aromatic carbocycles. The molecule has 0 unspecified atom stereocenters. The molecule has 0 saturated heterocycles. The molecule has 0 saturated carbocycles.